The van der Waals surface area contributed by atoms with E-state index in [0.717, 1.165) is 11.4 Å². The fourth-order valence-electron chi connectivity index (χ4n) is 3.42. The maximum absolute atomic E-state index is 13.0. The summed E-state index contributed by atoms with van der Waals surface area (Å²) in [5, 5.41) is 0. The molecule has 3 aromatic heterocycles. The van der Waals surface area contributed by atoms with Crippen LogP contribution in [0.25, 0.3) is 16.9 Å². The van der Waals surface area contributed by atoms with Gasteiger partial charge in [-0.3, -0.25) is 18.3 Å². The van der Waals surface area contributed by atoms with Crippen molar-refractivity contribution < 1.29 is 0 Å². The van der Waals surface area contributed by atoms with Gasteiger partial charge < -0.3 is 4.57 Å². The Bertz CT molecular complexity index is 1060. The molecule has 130 valence electrons. The molecule has 0 radical (unpaired) electrons. The summed E-state index contributed by atoms with van der Waals surface area (Å²) >= 11 is 0. The van der Waals surface area contributed by atoms with Gasteiger partial charge in [0.15, 0.2) is 11.2 Å². The Labute approximate surface area is 140 Å². The molecule has 0 unspecified atom stereocenters. The third-order valence-electron chi connectivity index (χ3n) is 4.62. The fourth-order valence-corrected chi connectivity index (χ4v) is 3.42. The lowest BCUT2D eigenvalue weighted by Crippen LogP contribution is -2.40. The number of aromatic nitrogens is 5. The Kier molecular flexibility index (Phi) is 3.69. The Morgan fingerprint density at radius 2 is 1.67 bits per heavy atom. The molecule has 24 heavy (non-hydrogen) atoms. The minimum absolute atomic E-state index is 0.208. The van der Waals surface area contributed by atoms with E-state index in [2.05, 4.69) is 23.4 Å². The van der Waals surface area contributed by atoms with Crippen LogP contribution in [0.1, 0.15) is 45.1 Å². The van der Waals surface area contributed by atoms with Gasteiger partial charge in [-0.2, -0.15) is 4.98 Å². The van der Waals surface area contributed by atoms with Crippen LogP contribution in [-0.4, -0.2) is 23.1 Å². The van der Waals surface area contributed by atoms with Crippen molar-refractivity contribution in [2.75, 3.05) is 0 Å². The molecule has 0 saturated carbocycles. The van der Waals surface area contributed by atoms with Gasteiger partial charge in [-0.15, -0.1) is 0 Å². The van der Waals surface area contributed by atoms with E-state index in [1.165, 1.54) is 9.13 Å². The highest BCUT2D eigenvalue weighted by Gasteiger charge is 2.23. The first kappa shape index (κ1) is 16.5. The Morgan fingerprint density at radius 3 is 2.21 bits per heavy atom. The van der Waals surface area contributed by atoms with Gasteiger partial charge in [0.2, 0.25) is 5.78 Å². The number of hydrogen-bond donors (Lipinski definition) is 0. The van der Waals surface area contributed by atoms with E-state index in [1.54, 1.807) is 7.05 Å². The Balaban J connectivity index is 2.57. The van der Waals surface area contributed by atoms with E-state index in [9.17, 15) is 9.59 Å². The van der Waals surface area contributed by atoms with Crippen LogP contribution in [-0.2, 0) is 13.6 Å². The standard InChI is InChI=1S/C17H25N5O2/c1-9(2)8-20-15(23)13-14(19(7)17(20)24)18-16-21(10(3)4)11(5)12(6)22(13)16/h9-10H,8H2,1-7H3. The number of imidazole rings is 2. The molecular weight excluding hydrogens is 306 g/mol. The molecule has 0 aliphatic heterocycles. The number of rotatable bonds is 3. The third-order valence-corrected chi connectivity index (χ3v) is 4.62. The highest BCUT2D eigenvalue weighted by molar-refractivity contribution is 5.76. The van der Waals surface area contributed by atoms with Crippen LogP contribution >= 0.6 is 0 Å². The van der Waals surface area contributed by atoms with Crippen LogP contribution in [0.5, 0.6) is 0 Å². The first-order valence-corrected chi connectivity index (χ1v) is 8.36. The second-order valence-electron chi connectivity index (χ2n) is 7.21. The van der Waals surface area contributed by atoms with E-state index >= 15 is 0 Å². The average Bonchev–Trinajstić information content (AvgIpc) is 2.98. The van der Waals surface area contributed by atoms with E-state index < -0.39 is 0 Å². The van der Waals surface area contributed by atoms with E-state index in [-0.39, 0.29) is 23.2 Å². The number of hydrogen-bond acceptors (Lipinski definition) is 3. The van der Waals surface area contributed by atoms with Gasteiger partial charge in [0.05, 0.1) is 0 Å². The van der Waals surface area contributed by atoms with Crippen molar-refractivity contribution in [3.8, 4) is 0 Å². The molecule has 7 heteroatoms. The molecule has 3 heterocycles. The zero-order valence-electron chi connectivity index (χ0n) is 15.4. The number of aryl methyl sites for hydroxylation is 2. The quantitative estimate of drug-likeness (QED) is 0.737. The Hall–Kier alpha value is -2.31. The van der Waals surface area contributed by atoms with Gasteiger partial charge >= 0.3 is 5.69 Å². The SMILES string of the molecule is Cc1c(C)n2c3c(=O)n(CC(C)C)c(=O)n(C)c3nc2n1C(C)C. The molecular formula is C17H25N5O2. The lowest BCUT2D eigenvalue weighted by molar-refractivity contribution is 0.484. The molecule has 0 N–H and O–H groups in total. The van der Waals surface area contributed by atoms with Crippen molar-refractivity contribution in [2.45, 2.75) is 54.1 Å². The summed E-state index contributed by atoms with van der Waals surface area (Å²) in [6.07, 6.45) is 0. The molecule has 0 aliphatic carbocycles. The van der Waals surface area contributed by atoms with Gasteiger partial charge in [-0.1, -0.05) is 13.8 Å². The zero-order chi connectivity index (χ0) is 17.9. The largest absolute Gasteiger partial charge is 0.332 e. The molecule has 7 nitrogen and oxygen atoms in total. The summed E-state index contributed by atoms with van der Waals surface area (Å²) in [5.41, 5.74) is 2.40. The zero-order valence-corrected chi connectivity index (χ0v) is 15.4. The van der Waals surface area contributed by atoms with Crippen molar-refractivity contribution >= 4 is 16.9 Å². The molecule has 0 aliphatic rings. The van der Waals surface area contributed by atoms with Crippen molar-refractivity contribution in [2.24, 2.45) is 13.0 Å². The summed E-state index contributed by atoms with van der Waals surface area (Å²) in [5.74, 6) is 0.920. The summed E-state index contributed by atoms with van der Waals surface area (Å²) in [6.45, 7) is 12.6. The highest BCUT2D eigenvalue weighted by Crippen LogP contribution is 2.23. The summed E-state index contributed by atoms with van der Waals surface area (Å²) in [7, 11) is 1.68. The predicted octanol–water partition coefficient (Wildman–Crippen LogP) is 2.00. The van der Waals surface area contributed by atoms with Gasteiger partial charge in [-0.05, 0) is 33.6 Å². The third kappa shape index (κ3) is 2.07. The van der Waals surface area contributed by atoms with Crippen molar-refractivity contribution in [3.05, 3.63) is 32.2 Å². The van der Waals surface area contributed by atoms with Crippen LogP contribution < -0.4 is 11.2 Å². The second-order valence-corrected chi connectivity index (χ2v) is 7.21. The van der Waals surface area contributed by atoms with E-state index in [0.29, 0.717) is 23.5 Å². The predicted molar refractivity (Wildman–Crippen MR) is 94.9 cm³/mol. The van der Waals surface area contributed by atoms with Gasteiger partial charge in [-0.25, -0.2) is 4.79 Å². The molecule has 0 aromatic carbocycles. The molecule has 3 aromatic rings. The minimum atomic E-state index is -0.313. The highest BCUT2D eigenvalue weighted by atomic mass is 16.2. The van der Waals surface area contributed by atoms with Gasteiger partial charge in [0.1, 0.15) is 0 Å². The van der Waals surface area contributed by atoms with Crippen molar-refractivity contribution in [1.82, 2.24) is 23.1 Å². The molecule has 0 atom stereocenters. The van der Waals surface area contributed by atoms with Crippen LogP contribution in [0.4, 0.5) is 0 Å². The van der Waals surface area contributed by atoms with Gasteiger partial charge in [0.25, 0.3) is 5.56 Å². The summed E-state index contributed by atoms with van der Waals surface area (Å²) in [6, 6.07) is 0.216. The molecule has 0 spiro atoms. The van der Waals surface area contributed by atoms with E-state index in [1.807, 2.05) is 32.1 Å². The van der Waals surface area contributed by atoms with Crippen LogP contribution in [0, 0.1) is 19.8 Å². The lowest BCUT2D eigenvalue weighted by Gasteiger charge is -2.11. The second kappa shape index (κ2) is 5.36. The van der Waals surface area contributed by atoms with Crippen molar-refractivity contribution in [1.29, 1.82) is 0 Å². The first-order valence-electron chi connectivity index (χ1n) is 8.36. The van der Waals surface area contributed by atoms with E-state index in [4.69, 9.17) is 0 Å². The lowest BCUT2D eigenvalue weighted by atomic mass is 10.2. The minimum Gasteiger partial charge on any atom is -0.311 e. The van der Waals surface area contributed by atoms with Gasteiger partial charge in [0, 0.05) is 31.0 Å². The molecule has 0 amide bonds. The molecule has 0 fully saturated rings. The first-order chi connectivity index (χ1) is 11.2. The monoisotopic (exact) mass is 331 g/mol. The normalized spacial score (nSPS) is 12.4. The van der Waals surface area contributed by atoms with Crippen LogP contribution in [0.15, 0.2) is 9.59 Å². The molecule has 3 rings (SSSR count). The Morgan fingerprint density at radius 1 is 1.04 bits per heavy atom. The fraction of sp³-hybridized carbons (Fsp3) is 0.588. The summed E-state index contributed by atoms with van der Waals surface area (Å²) in [4.78, 5) is 30.2. The number of fused-ring (bicyclic) bond motifs is 3. The smallest absolute Gasteiger partial charge is 0.311 e. The molecule has 0 saturated heterocycles. The number of nitrogens with zero attached hydrogens (tertiary/aromatic N) is 5. The maximum atomic E-state index is 13.0. The average molecular weight is 331 g/mol. The van der Waals surface area contributed by atoms with Crippen molar-refractivity contribution in [3.63, 3.8) is 0 Å². The topological polar surface area (TPSA) is 66.2 Å². The van der Waals surface area contributed by atoms with Crippen LogP contribution in [0.3, 0.4) is 0 Å². The molecule has 0 bridgehead atoms. The van der Waals surface area contributed by atoms with Crippen LogP contribution in [0.2, 0.25) is 0 Å². The maximum Gasteiger partial charge on any atom is 0.332 e. The summed E-state index contributed by atoms with van der Waals surface area (Å²) < 4.78 is 6.80.